The summed E-state index contributed by atoms with van der Waals surface area (Å²) in [5.41, 5.74) is 1.46. The Labute approximate surface area is 240 Å². The number of amides is 2. The van der Waals surface area contributed by atoms with E-state index in [1.54, 1.807) is 48.5 Å². The van der Waals surface area contributed by atoms with Gasteiger partial charge in [-0.15, -0.1) is 0 Å². The van der Waals surface area contributed by atoms with E-state index in [0.717, 1.165) is 5.56 Å². The molecule has 11 heteroatoms. The fourth-order valence-electron chi connectivity index (χ4n) is 4.75. The molecule has 2 fully saturated rings. The molecular formula is C28H22Br2N2O7. The van der Waals surface area contributed by atoms with E-state index in [1.165, 1.54) is 29.2 Å². The molecular weight excluding hydrogens is 636 g/mol. The number of alkyl halides is 2. The van der Waals surface area contributed by atoms with Gasteiger partial charge >= 0.3 is 5.97 Å². The number of hydrogen-bond acceptors (Lipinski definition) is 7. The Bertz CT molecular complexity index is 1380. The standard InChI is InChI=1S/C28H22Br2N2O7/c29-24-13-22-23(14-25(24)30)27(34)31(26(22)33)18-5-3-17(4-6-18)28(35)38-15-16-1-9-20(10-2-16)39-21-11-7-19(8-12-21)32(36)37/h1-12,22-25H,13-15H2/t22-,23-,24-,25+/m1/s1. The van der Waals surface area contributed by atoms with Gasteiger partial charge in [-0.2, -0.15) is 0 Å². The van der Waals surface area contributed by atoms with E-state index in [4.69, 9.17) is 9.47 Å². The Kier molecular flexibility index (Phi) is 7.81. The number of non-ortho nitro benzene ring substituents is 1. The van der Waals surface area contributed by atoms with Crippen molar-refractivity contribution in [1.82, 2.24) is 0 Å². The van der Waals surface area contributed by atoms with Gasteiger partial charge in [-0.05, 0) is 66.9 Å². The summed E-state index contributed by atoms with van der Waals surface area (Å²) in [6.07, 6.45) is 1.19. The summed E-state index contributed by atoms with van der Waals surface area (Å²) in [5.74, 6) is -0.643. The van der Waals surface area contributed by atoms with Crippen LogP contribution in [0.15, 0.2) is 72.8 Å². The Morgan fingerprint density at radius 2 is 1.36 bits per heavy atom. The highest BCUT2D eigenvalue weighted by Gasteiger charge is 2.52. The summed E-state index contributed by atoms with van der Waals surface area (Å²) >= 11 is 7.18. The minimum absolute atomic E-state index is 0.0223. The van der Waals surface area contributed by atoms with E-state index < -0.39 is 10.9 Å². The van der Waals surface area contributed by atoms with E-state index in [0.29, 0.717) is 35.6 Å². The lowest BCUT2D eigenvalue weighted by Crippen LogP contribution is -2.34. The quantitative estimate of drug-likeness (QED) is 0.0981. The zero-order chi connectivity index (χ0) is 27.7. The van der Waals surface area contributed by atoms with Crippen LogP contribution in [-0.4, -0.2) is 32.4 Å². The maximum Gasteiger partial charge on any atom is 0.338 e. The molecule has 3 aromatic rings. The molecule has 5 rings (SSSR count). The lowest BCUT2D eigenvalue weighted by atomic mass is 9.81. The van der Waals surface area contributed by atoms with Crippen LogP contribution in [-0.2, 0) is 20.9 Å². The Balaban J connectivity index is 1.16. The van der Waals surface area contributed by atoms with Crippen molar-refractivity contribution in [2.45, 2.75) is 29.1 Å². The van der Waals surface area contributed by atoms with Crippen molar-refractivity contribution in [2.24, 2.45) is 11.8 Å². The van der Waals surface area contributed by atoms with Crippen molar-refractivity contribution < 1.29 is 28.8 Å². The average molecular weight is 658 g/mol. The third-order valence-corrected chi connectivity index (χ3v) is 9.58. The monoisotopic (exact) mass is 656 g/mol. The predicted molar refractivity (Wildman–Crippen MR) is 149 cm³/mol. The lowest BCUT2D eigenvalue weighted by Gasteiger charge is -2.29. The van der Waals surface area contributed by atoms with E-state index in [2.05, 4.69) is 31.9 Å². The number of carbonyl (C=O) groups excluding carboxylic acids is 3. The van der Waals surface area contributed by atoms with Crippen LogP contribution in [0.1, 0.15) is 28.8 Å². The zero-order valence-electron chi connectivity index (χ0n) is 20.4. The van der Waals surface area contributed by atoms with Crippen LogP contribution in [0.5, 0.6) is 11.5 Å². The van der Waals surface area contributed by atoms with Crippen molar-refractivity contribution >= 4 is 61.0 Å². The summed E-state index contributed by atoms with van der Waals surface area (Å²) in [7, 11) is 0. The second-order valence-electron chi connectivity index (χ2n) is 9.35. The highest BCUT2D eigenvalue weighted by molar-refractivity contribution is 9.12. The summed E-state index contributed by atoms with van der Waals surface area (Å²) in [6.45, 7) is 0.0340. The van der Waals surface area contributed by atoms with Crippen molar-refractivity contribution in [3.63, 3.8) is 0 Å². The number of anilines is 1. The maximum atomic E-state index is 13.0. The van der Waals surface area contributed by atoms with Gasteiger partial charge in [-0.1, -0.05) is 44.0 Å². The van der Waals surface area contributed by atoms with Crippen LogP contribution in [0, 0.1) is 22.0 Å². The van der Waals surface area contributed by atoms with Gasteiger partial charge in [-0.3, -0.25) is 24.6 Å². The predicted octanol–water partition coefficient (Wildman–Crippen LogP) is 6.17. The van der Waals surface area contributed by atoms with Crippen molar-refractivity contribution in [2.75, 3.05) is 4.90 Å². The SMILES string of the molecule is O=C(OCc1ccc(Oc2ccc([N+](=O)[O-])cc2)cc1)c1ccc(N2C(=O)[C@@H]3C[C@@H](Br)[C@@H](Br)C[C@H]3C2=O)cc1. The summed E-state index contributed by atoms with van der Waals surface area (Å²) in [5, 5.41) is 10.8. The van der Waals surface area contributed by atoms with Crippen LogP contribution in [0.25, 0.3) is 0 Å². The molecule has 2 aliphatic rings. The topological polar surface area (TPSA) is 116 Å². The van der Waals surface area contributed by atoms with Crippen molar-refractivity contribution in [3.8, 4) is 11.5 Å². The number of rotatable bonds is 7. The molecule has 0 bridgehead atoms. The first kappa shape index (κ1) is 27.0. The van der Waals surface area contributed by atoms with Gasteiger partial charge in [0.25, 0.3) is 5.69 Å². The number of nitro groups is 1. The number of nitrogens with zero attached hydrogens (tertiary/aromatic N) is 2. The first-order valence-corrected chi connectivity index (χ1v) is 14.0. The minimum atomic E-state index is -0.537. The van der Waals surface area contributed by atoms with Crippen molar-refractivity contribution in [3.05, 3.63) is 94.0 Å². The smallest absolute Gasteiger partial charge is 0.338 e. The van der Waals surface area contributed by atoms with Crippen LogP contribution in [0.3, 0.4) is 0 Å². The second-order valence-corrected chi connectivity index (χ2v) is 11.7. The number of hydrogen-bond donors (Lipinski definition) is 0. The lowest BCUT2D eigenvalue weighted by molar-refractivity contribution is -0.384. The number of halogens is 2. The number of benzene rings is 3. The zero-order valence-corrected chi connectivity index (χ0v) is 23.5. The van der Waals surface area contributed by atoms with Gasteiger partial charge in [0.1, 0.15) is 18.1 Å². The Morgan fingerprint density at radius 1 is 0.846 bits per heavy atom. The number of carbonyl (C=O) groups is 3. The molecule has 1 heterocycles. The van der Waals surface area contributed by atoms with Gasteiger partial charge in [0.2, 0.25) is 11.8 Å². The molecule has 0 N–H and O–H groups in total. The van der Waals surface area contributed by atoms with Gasteiger partial charge < -0.3 is 9.47 Å². The second kappa shape index (κ2) is 11.3. The van der Waals surface area contributed by atoms with E-state index in [9.17, 15) is 24.5 Å². The Morgan fingerprint density at radius 3 is 1.87 bits per heavy atom. The molecule has 9 nitrogen and oxygen atoms in total. The molecule has 0 unspecified atom stereocenters. The third-order valence-electron chi connectivity index (χ3n) is 6.85. The first-order valence-electron chi connectivity index (χ1n) is 12.2. The van der Waals surface area contributed by atoms with Crippen LogP contribution >= 0.6 is 31.9 Å². The minimum Gasteiger partial charge on any atom is -0.457 e. The molecule has 3 aromatic carbocycles. The van der Waals surface area contributed by atoms with Gasteiger partial charge in [0.05, 0.1) is 28.0 Å². The fourth-order valence-corrected chi connectivity index (χ4v) is 5.99. The van der Waals surface area contributed by atoms with Crippen LogP contribution in [0.2, 0.25) is 0 Å². The van der Waals surface area contributed by atoms with Crippen LogP contribution < -0.4 is 9.64 Å². The largest absolute Gasteiger partial charge is 0.457 e. The number of imide groups is 1. The molecule has 1 saturated carbocycles. The molecule has 0 spiro atoms. The maximum absolute atomic E-state index is 13.0. The number of fused-ring (bicyclic) bond motifs is 1. The molecule has 0 aromatic heterocycles. The summed E-state index contributed by atoms with van der Waals surface area (Å²) in [6, 6.07) is 18.9. The number of ether oxygens (including phenoxy) is 2. The fraction of sp³-hybridized carbons (Fsp3) is 0.250. The summed E-state index contributed by atoms with van der Waals surface area (Å²) < 4.78 is 11.1. The highest BCUT2D eigenvalue weighted by Crippen LogP contribution is 2.44. The Hall–Kier alpha value is -3.57. The van der Waals surface area contributed by atoms with E-state index in [1.807, 2.05) is 0 Å². The first-order chi connectivity index (χ1) is 18.7. The highest BCUT2D eigenvalue weighted by atomic mass is 79.9. The molecule has 200 valence electrons. The molecule has 1 aliphatic carbocycles. The third kappa shape index (κ3) is 5.74. The number of nitro benzene ring substituents is 1. The molecule has 1 saturated heterocycles. The van der Waals surface area contributed by atoms with Crippen molar-refractivity contribution in [1.29, 1.82) is 0 Å². The molecule has 2 amide bonds. The van der Waals surface area contributed by atoms with Crippen LogP contribution in [0.4, 0.5) is 11.4 Å². The molecule has 39 heavy (non-hydrogen) atoms. The van der Waals surface area contributed by atoms with Gasteiger partial charge in [-0.25, -0.2) is 4.79 Å². The van der Waals surface area contributed by atoms with E-state index in [-0.39, 0.29) is 45.6 Å². The molecule has 1 aliphatic heterocycles. The molecule has 4 atom stereocenters. The normalized spacial score (nSPS) is 22.4. The summed E-state index contributed by atoms with van der Waals surface area (Å²) in [4.78, 5) is 50.3. The van der Waals surface area contributed by atoms with E-state index >= 15 is 0 Å². The average Bonchev–Trinajstić information content (AvgIpc) is 3.17. The van der Waals surface area contributed by atoms with Gasteiger partial charge in [0, 0.05) is 21.8 Å². The number of esters is 1. The van der Waals surface area contributed by atoms with Gasteiger partial charge in [0.15, 0.2) is 0 Å². The molecule has 0 radical (unpaired) electrons.